The van der Waals surface area contributed by atoms with E-state index in [9.17, 15) is 51.4 Å². The number of sulfone groups is 2. The van der Waals surface area contributed by atoms with Gasteiger partial charge in [0.2, 0.25) is 5.91 Å². The third-order valence-electron chi connectivity index (χ3n) is 7.57. The van der Waals surface area contributed by atoms with Crippen molar-refractivity contribution in [2.24, 2.45) is 30.7 Å². The second kappa shape index (κ2) is 19.4. The molecule has 0 bridgehead atoms. The third-order valence-corrected chi connectivity index (χ3v) is 12.8. The number of nitrogens with two attached hydrogens (primary N) is 2. The van der Waals surface area contributed by atoms with Crippen molar-refractivity contribution >= 4 is 108 Å². The van der Waals surface area contributed by atoms with Gasteiger partial charge in [-0.2, -0.15) is 35.5 Å². The zero-order valence-electron chi connectivity index (χ0n) is 31.6. The van der Waals surface area contributed by atoms with E-state index in [4.69, 9.17) is 25.3 Å². The topological polar surface area (TPSA) is 414 Å². The summed E-state index contributed by atoms with van der Waals surface area (Å²) in [6.07, 6.45) is 0. The Hall–Kier alpha value is -5.90. The summed E-state index contributed by atoms with van der Waals surface area (Å²) >= 11 is 0. The minimum absolute atomic E-state index is 0.00809. The number of hydrogen-bond donors (Lipinski definition) is 6. The lowest BCUT2D eigenvalue weighted by Crippen LogP contribution is -2.15. The number of amides is 1. The van der Waals surface area contributed by atoms with Crippen molar-refractivity contribution in [3.63, 3.8) is 0 Å². The van der Waals surface area contributed by atoms with Gasteiger partial charge in [0.1, 0.15) is 33.4 Å². The number of benzene rings is 4. The van der Waals surface area contributed by atoms with Crippen molar-refractivity contribution in [2.75, 3.05) is 48.6 Å². The molecule has 31 heteroatoms. The molecule has 1 amide bonds. The Morgan fingerprint density at radius 3 is 1.68 bits per heavy atom. The summed E-state index contributed by atoms with van der Waals surface area (Å²) < 4.78 is 159. The monoisotopic (exact) mass is 963 g/mol. The molecule has 0 aliphatic heterocycles. The molecule has 0 fully saturated rings. The summed E-state index contributed by atoms with van der Waals surface area (Å²) in [4.78, 5) is 10.6. The largest absolute Gasteiger partial charge is 0.494 e. The first-order valence-electron chi connectivity index (χ1n) is 16.5. The molecule has 4 rings (SSSR count). The van der Waals surface area contributed by atoms with E-state index in [-0.39, 0.29) is 44.0 Å². The predicted octanol–water partition coefficient (Wildman–Crippen LogP) is 4.50. The van der Waals surface area contributed by atoms with Crippen molar-refractivity contribution in [1.82, 2.24) is 0 Å². The number of rotatable bonds is 19. The van der Waals surface area contributed by atoms with Crippen LogP contribution in [-0.2, 0) is 63.8 Å². The smallest absolute Gasteiger partial charge is 0.397 e. The Bertz CT molecular complexity index is 3040. The van der Waals surface area contributed by atoms with Crippen molar-refractivity contribution in [3.8, 4) is 5.75 Å². The van der Waals surface area contributed by atoms with Crippen LogP contribution in [0.4, 0.5) is 51.2 Å². The van der Waals surface area contributed by atoms with Gasteiger partial charge < -0.3 is 21.5 Å². The van der Waals surface area contributed by atoms with E-state index in [0.717, 1.165) is 30.3 Å². The molecule has 0 aromatic heterocycles. The van der Waals surface area contributed by atoms with Gasteiger partial charge in [0.15, 0.2) is 19.7 Å². The van der Waals surface area contributed by atoms with Crippen LogP contribution in [0.3, 0.4) is 0 Å². The fourth-order valence-corrected chi connectivity index (χ4v) is 8.38. The van der Waals surface area contributed by atoms with Crippen LogP contribution in [0.2, 0.25) is 0 Å². The molecule has 0 unspecified atom stereocenters. The van der Waals surface area contributed by atoms with Crippen molar-refractivity contribution in [3.05, 3.63) is 66.7 Å². The van der Waals surface area contributed by atoms with Crippen LogP contribution in [0.1, 0.15) is 6.92 Å². The normalized spacial score (nSPS) is 13.0. The second-order valence-corrected chi connectivity index (χ2v) is 19.8. The molecule has 0 heterocycles. The highest BCUT2D eigenvalue weighted by molar-refractivity contribution is 7.91. The van der Waals surface area contributed by atoms with Gasteiger partial charge in [0.05, 0.1) is 70.1 Å². The van der Waals surface area contributed by atoms with Gasteiger partial charge in [-0.25, -0.2) is 25.2 Å². The number of azo groups is 3. The lowest BCUT2D eigenvalue weighted by Gasteiger charge is -2.11. The Balaban J connectivity index is 1.66. The molecule has 26 nitrogen and oxygen atoms in total. The first-order chi connectivity index (χ1) is 28.7. The number of carbonyl (C=O) groups is 1. The van der Waals surface area contributed by atoms with Crippen LogP contribution in [0, 0.1) is 0 Å². The van der Waals surface area contributed by atoms with Gasteiger partial charge in [-0.15, -0.1) is 20.5 Å². The highest BCUT2D eigenvalue weighted by atomic mass is 32.3. The number of nitrogens with zero attached hydrogens (tertiary/aromatic N) is 6. The second-order valence-electron chi connectivity index (χ2n) is 12.0. The zero-order valence-corrected chi connectivity index (χ0v) is 35.7. The van der Waals surface area contributed by atoms with Crippen LogP contribution >= 0.6 is 0 Å². The van der Waals surface area contributed by atoms with Gasteiger partial charge in [0.25, 0.3) is 10.1 Å². The molecule has 4 aromatic rings. The molecule has 62 heavy (non-hydrogen) atoms. The van der Waals surface area contributed by atoms with Crippen LogP contribution in [-0.4, -0.2) is 93.5 Å². The van der Waals surface area contributed by atoms with E-state index < -0.39 is 109 Å². The van der Waals surface area contributed by atoms with Gasteiger partial charge in [-0.3, -0.25) is 18.5 Å². The number of anilines is 3. The molecule has 8 N–H and O–H groups in total. The maximum atomic E-state index is 12.8. The number of carbonyl (C=O) groups excluding carboxylic acids is 1. The Labute approximate surface area is 353 Å². The summed E-state index contributed by atoms with van der Waals surface area (Å²) in [7, 11) is -21.8. The summed E-state index contributed by atoms with van der Waals surface area (Å²) in [6, 6.07) is 12.6. The number of hydrogen-bond acceptors (Lipinski definition) is 22. The third kappa shape index (κ3) is 13.8. The van der Waals surface area contributed by atoms with E-state index in [1.54, 1.807) is 0 Å². The summed E-state index contributed by atoms with van der Waals surface area (Å²) in [5.74, 6) is -2.17. The molecule has 0 saturated carbocycles. The molecular formula is C31H33N9O17S5. The molecule has 0 aliphatic carbocycles. The molecule has 4 aromatic carbocycles. The Kier molecular flexibility index (Phi) is 15.3. The fourth-order valence-electron chi connectivity index (χ4n) is 4.75. The molecule has 0 radical (unpaired) electrons. The van der Waals surface area contributed by atoms with E-state index in [1.165, 1.54) is 50.4 Å². The number of nitrogens with one attached hydrogen (secondary N) is 1. The standard InChI is InChI=1S/C31H33N9O17S5/c1-18(41)34-24-15-20(5-9-23(24)37-38-25-16-22(8-10-27(25)55-2)59(44,45)14-12-57-62(52,53)54)36-40-31-29(32)26(17-28(30(31)33)60(46,47)48)39-35-19-3-6-21(7-4-19)58(42,43)13-11-56-61(49,50)51/h3-10,15-17H,11-14,32-33H2,1-2H3,(H,34,41)(H,46,47,48)(H,49,50,51)(H,52,53,54). The predicted molar refractivity (Wildman–Crippen MR) is 217 cm³/mol. The van der Waals surface area contributed by atoms with Gasteiger partial charge in [0, 0.05) is 6.92 Å². The van der Waals surface area contributed by atoms with Crippen LogP contribution in [0.5, 0.6) is 5.75 Å². The lowest BCUT2D eigenvalue weighted by molar-refractivity contribution is -0.114. The SMILES string of the molecule is COc1ccc(S(=O)(=O)CCOS(=O)(=O)O)cc1N=Nc1ccc(N=Nc2c(N)c(N=Nc3ccc(S(=O)(=O)CCOS(=O)(=O)O)cc3)cc(S(=O)(=O)O)c2N)cc1NC(C)=O. The van der Waals surface area contributed by atoms with Crippen molar-refractivity contribution in [2.45, 2.75) is 21.6 Å². The average Bonchev–Trinajstić information content (AvgIpc) is 3.15. The number of ether oxygens (including phenoxy) is 1. The van der Waals surface area contributed by atoms with E-state index in [1.807, 2.05) is 0 Å². The summed E-state index contributed by atoms with van der Waals surface area (Å²) in [5, 5.41) is 26.4. The molecule has 0 saturated heterocycles. The minimum atomic E-state index is -5.04. The molecule has 0 atom stereocenters. The Morgan fingerprint density at radius 2 is 1.13 bits per heavy atom. The first kappa shape index (κ1) is 48.8. The fraction of sp³-hybridized carbons (Fsp3) is 0.194. The van der Waals surface area contributed by atoms with Crippen LogP contribution in [0.25, 0.3) is 0 Å². The molecular weight excluding hydrogens is 931 g/mol. The number of nitrogen functional groups attached to an aromatic ring is 2. The van der Waals surface area contributed by atoms with Crippen molar-refractivity contribution < 1.29 is 73.6 Å². The Morgan fingerprint density at radius 1 is 0.613 bits per heavy atom. The minimum Gasteiger partial charge on any atom is -0.494 e. The highest BCUT2D eigenvalue weighted by Gasteiger charge is 2.23. The first-order valence-corrected chi connectivity index (χ1v) is 24.0. The zero-order chi connectivity index (χ0) is 46.3. The van der Waals surface area contributed by atoms with Crippen molar-refractivity contribution in [1.29, 1.82) is 0 Å². The highest BCUT2D eigenvalue weighted by Crippen LogP contribution is 2.43. The molecule has 0 spiro atoms. The maximum Gasteiger partial charge on any atom is 0.397 e. The van der Waals surface area contributed by atoms with E-state index in [0.29, 0.717) is 0 Å². The van der Waals surface area contributed by atoms with Gasteiger partial charge in [-0.05, 0) is 66.7 Å². The van der Waals surface area contributed by atoms with E-state index in [2.05, 4.69) is 44.4 Å². The van der Waals surface area contributed by atoms with Gasteiger partial charge >= 0.3 is 20.8 Å². The average molecular weight is 964 g/mol. The molecule has 334 valence electrons. The van der Waals surface area contributed by atoms with Gasteiger partial charge in [-0.1, -0.05) is 0 Å². The summed E-state index contributed by atoms with van der Waals surface area (Å²) in [6.45, 7) is -0.580. The van der Waals surface area contributed by atoms with E-state index >= 15 is 0 Å². The lowest BCUT2D eigenvalue weighted by atomic mass is 10.2. The van der Waals surface area contributed by atoms with Crippen LogP contribution in [0.15, 0.2) is 112 Å². The quantitative estimate of drug-likeness (QED) is 0.0428. The number of methoxy groups -OCH3 is 1. The summed E-state index contributed by atoms with van der Waals surface area (Å²) in [5.41, 5.74) is 10.1. The van der Waals surface area contributed by atoms with Crippen LogP contribution < -0.4 is 21.5 Å². The maximum absolute atomic E-state index is 12.8. The molecule has 0 aliphatic rings.